The van der Waals surface area contributed by atoms with Gasteiger partial charge in [0.1, 0.15) is 17.9 Å². The lowest BCUT2D eigenvalue weighted by atomic mass is 10.2. The van der Waals surface area contributed by atoms with Crippen LogP contribution in [0, 0.1) is 6.92 Å². The molecule has 21 heavy (non-hydrogen) atoms. The minimum Gasteiger partial charge on any atom is -0.497 e. The number of methoxy groups -OCH3 is 1. The zero-order valence-electron chi connectivity index (χ0n) is 12.2. The molecular formula is C14H18N4O3. The minimum absolute atomic E-state index is 0.0266. The molecule has 0 unspecified atom stereocenters. The molecule has 0 bridgehead atoms. The first-order chi connectivity index (χ1) is 10.1. The largest absolute Gasteiger partial charge is 0.497 e. The van der Waals surface area contributed by atoms with E-state index >= 15 is 0 Å². The van der Waals surface area contributed by atoms with E-state index in [9.17, 15) is 0 Å². The highest BCUT2D eigenvalue weighted by molar-refractivity contribution is 6.00. The first-order valence-corrected chi connectivity index (χ1v) is 6.34. The van der Waals surface area contributed by atoms with Crippen molar-refractivity contribution in [3.05, 3.63) is 41.1 Å². The number of amidine groups is 1. The fraction of sp³-hybridized carbons (Fsp3) is 0.286. The zero-order chi connectivity index (χ0) is 15.4. The SMILES string of the molecule is COc1cccc(COc2c(C(N)=NO)c(C)nn2C)c1. The number of benzene rings is 1. The maximum atomic E-state index is 8.85. The lowest BCUT2D eigenvalue weighted by Crippen LogP contribution is -2.15. The van der Waals surface area contributed by atoms with Gasteiger partial charge in [0.25, 0.3) is 0 Å². The van der Waals surface area contributed by atoms with Crippen LogP contribution in [-0.4, -0.2) is 27.9 Å². The van der Waals surface area contributed by atoms with E-state index in [4.69, 9.17) is 20.4 Å². The Hall–Kier alpha value is -2.70. The Labute approximate surface area is 122 Å². The summed E-state index contributed by atoms with van der Waals surface area (Å²) >= 11 is 0. The number of hydrogen-bond donors (Lipinski definition) is 2. The van der Waals surface area contributed by atoms with Gasteiger partial charge < -0.3 is 20.4 Å². The number of rotatable bonds is 5. The first-order valence-electron chi connectivity index (χ1n) is 6.34. The van der Waals surface area contributed by atoms with Gasteiger partial charge in [-0.05, 0) is 24.6 Å². The van der Waals surface area contributed by atoms with E-state index in [1.165, 1.54) is 0 Å². The Bertz CT molecular complexity index is 664. The summed E-state index contributed by atoms with van der Waals surface area (Å²) in [5.74, 6) is 1.18. The number of oxime groups is 1. The van der Waals surface area contributed by atoms with Crippen molar-refractivity contribution < 1.29 is 14.7 Å². The van der Waals surface area contributed by atoms with E-state index in [0.717, 1.165) is 11.3 Å². The Balaban J connectivity index is 2.23. The summed E-state index contributed by atoms with van der Waals surface area (Å²) in [6.07, 6.45) is 0. The smallest absolute Gasteiger partial charge is 0.223 e. The van der Waals surface area contributed by atoms with Crippen LogP contribution in [0.15, 0.2) is 29.4 Å². The third-order valence-electron chi connectivity index (χ3n) is 3.04. The molecule has 0 spiro atoms. The van der Waals surface area contributed by atoms with Gasteiger partial charge in [-0.15, -0.1) is 0 Å². The van der Waals surface area contributed by atoms with Crippen molar-refractivity contribution in [1.29, 1.82) is 0 Å². The summed E-state index contributed by atoms with van der Waals surface area (Å²) < 4.78 is 12.5. The molecule has 0 saturated carbocycles. The van der Waals surface area contributed by atoms with Crippen molar-refractivity contribution in [2.24, 2.45) is 17.9 Å². The second kappa shape index (κ2) is 6.17. The number of aryl methyl sites for hydroxylation is 2. The quantitative estimate of drug-likeness (QED) is 0.376. The van der Waals surface area contributed by atoms with Gasteiger partial charge in [0.2, 0.25) is 5.88 Å². The highest BCUT2D eigenvalue weighted by Crippen LogP contribution is 2.23. The molecule has 0 saturated heterocycles. The third kappa shape index (κ3) is 3.07. The topological polar surface area (TPSA) is 94.9 Å². The molecule has 7 nitrogen and oxygen atoms in total. The summed E-state index contributed by atoms with van der Waals surface area (Å²) in [5, 5.41) is 16.1. The molecule has 0 radical (unpaired) electrons. The van der Waals surface area contributed by atoms with Crippen LogP contribution in [0.2, 0.25) is 0 Å². The molecule has 0 aliphatic rings. The Morgan fingerprint density at radius 2 is 2.24 bits per heavy atom. The van der Waals surface area contributed by atoms with Gasteiger partial charge in [0.15, 0.2) is 5.84 Å². The zero-order valence-corrected chi connectivity index (χ0v) is 12.2. The van der Waals surface area contributed by atoms with E-state index in [1.54, 1.807) is 25.8 Å². The minimum atomic E-state index is -0.0266. The number of hydrogen-bond acceptors (Lipinski definition) is 5. The Morgan fingerprint density at radius 1 is 1.48 bits per heavy atom. The average Bonchev–Trinajstić information content (AvgIpc) is 2.78. The van der Waals surface area contributed by atoms with Gasteiger partial charge in [-0.3, -0.25) is 0 Å². The number of nitrogens with zero attached hydrogens (tertiary/aromatic N) is 3. The molecule has 0 aliphatic heterocycles. The van der Waals surface area contributed by atoms with Gasteiger partial charge in [-0.1, -0.05) is 17.3 Å². The molecule has 0 fully saturated rings. The van der Waals surface area contributed by atoms with Crippen LogP contribution in [0.5, 0.6) is 11.6 Å². The van der Waals surface area contributed by atoms with E-state index in [1.807, 2.05) is 24.3 Å². The van der Waals surface area contributed by atoms with Crippen LogP contribution in [-0.2, 0) is 13.7 Å². The Kier molecular flexibility index (Phi) is 4.32. The first kappa shape index (κ1) is 14.7. The van der Waals surface area contributed by atoms with Gasteiger partial charge in [-0.25, -0.2) is 4.68 Å². The van der Waals surface area contributed by atoms with Gasteiger partial charge in [0.05, 0.1) is 12.8 Å². The number of nitrogens with two attached hydrogens (primary N) is 1. The number of ether oxygens (including phenoxy) is 2. The van der Waals surface area contributed by atoms with E-state index in [2.05, 4.69) is 10.3 Å². The van der Waals surface area contributed by atoms with E-state index in [0.29, 0.717) is 23.7 Å². The number of aromatic nitrogens is 2. The predicted octanol–water partition coefficient (Wildman–Crippen LogP) is 1.41. The highest BCUT2D eigenvalue weighted by atomic mass is 16.5. The standard InChI is InChI=1S/C14H18N4O3/c1-9-12(13(15)17-19)14(18(2)16-9)21-8-10-5-4-6-11(7-10)20-3/h4-7,19H,8H2,1-3H3,(H2,15,17). The summed E-state index contributed by atoms with van der Waals surface area (Å²) in [6, 6.07) is 7.55. The summed E-state index contributed by atoms with van der Waals surface area (Å²) in [6.45, 7) is 2.09. The molecule has 112 valence electrons. The summed E-state index contributed by atoms with van der Waals surface area (Å²) in [5.41, 5.74) is 7.74. The van der Waals surface area contributed by atoms with E-state index < -0.39 is 0 Å². The van der Waals surface area contributed by atoms with Crippen LogP contribution in [0.1, 0.15) is 16.8 Å². The third-order valence-corrected chi connectivity index (χ3v) is 3.04. The van der Waals surface area contributed by atoms with Crippen molar-refractivity contribution in [3.63, 3.8) is 0 Å². The van der Waals surface area contributed by atoms with Crippen LogP contribution in [0.3, 0.4) is 0 Å². The highest BCUT2D eigenvalue weighted by Gasteiger charge is 2.18. The van der Waals surface area contributed by atoms with Crippen molar-refractivity contribution >= 4 is 5.84 Å². The average molecular weight is 290 g/mol. The summed E-state index contributed by atoms with van der Waals surface area (Å²) in [7, 11) is 3.35. The normalized spacial score (nSPS) is 11.5. The van der Waals surface area contributed by atoms with E-state index in [-0.39, 0.29) is 5.84 Å². The fourth-order valence-electron chi connectivity index (χ4n) is 2.06. The molecule has 0 amide bonds. The van der Waals surface area contributed by atoms with Gasteiger partial charge in [0, 0.05) is 7.05 Å². The molecule has 2 rings (SSSR count). The second-order valence-electron chi connectivity index (χ2n) is 4.51. The Morgan fingerprint density at radius 3 is 2.90 bits per heavy atom. The molecule has 3 N–H and O–H groups in total. The molecular weight excluding hydrogens is 272 g/mol. The van der Waals surface area contributed by atoms with Crippen LogP contribution in [0.25, 0.3) is 0 Å². The molecule has 1 aromatic heterocycles. The maximum absolute atomic E-state index is 8.85. The van der Waals surface area contributed by atoms with Gasteiger partial charge in [-0.2, -0.15) is 5.10 Å². The molecule has 2 aromatic rings. The lowest BCUT2D eigenvalue weighted by Gasteiger charge is -2.09. The molecule has 1 aromatic carbocycles. The van der Waals surface area contributed by atoms with Crippen molar-refractivity contribution in [2.75, 3.05) is 7.11 Å². The lowest BCUT2D eigenvalue weighted by molar-refractivity contribution is 0.277. The molecule has 1 heterocycles. The van der Waals surface area contributed by atoms with Crippen molar-refractivity contribution in [2.45, 2.75) is 13.5 Å². The van der Waals surface area contributed by atoms with Gasteiger partial charge >= 0.3 is 0 Å². The van der Waals surface area contributed by atoms with Crippen LogP contribution < -0.4 is 15.2 Å². The molecule has 0 atom stereocenters. The molecule has 7 heteroatoms. The summed E-state index contributed by atoms with van der Waals surface area (Å²) in [4.78, 5) is 0. The second-order valence-corrected chi connectivity index (χ2v) is 4.51. The van der Waals surface area contributed by atoms with Crippen molar-refractivity contribution in [1.82, 2.24) is 9.78 Å². The van der Waals surface area contributed by atoms with Crippen molar-refractivity contribution in [3.8, 4) is 11.6 Å². The monoisotopic (exact) mass is 290 g/mol. The van der Waals surface area contributed by atoms with Crippen LogP contribution >= 0.6 is 0 Å². The maximum Gasteiger partial charge on any atom is 0.223 e. The van der Waals surface area contributed by atoms with Crippen LogP contribution in [0.4, 0.5) is 0 Å². The fourth-order valence-corrected chi connectivity index (χ4v) is 2.06. The molecule has 0 aliphatic carbocycles. The predicted molar refractivity (Wildman–Crippen MR) is 77.8 cm³/mol.